The summed E-state index contributed by atoms with van der Waals surface area (Å²) >= 11 is 0. The Hall–Kier alpha value is -2.47. The van der Waals surface area contributed by atoms with Crippen LogP contribution < -0.4 is 5.32 Å². The van der Waals surface area contributed by atoms with Gasteiger partial charge < -0.3 is 5.32 Å². The molecule has 0 unspecified atom stereocenters. The third kappa shape index (κ3) is 4.53. The maximum Gasteiger partial charge on any atom is 0.248 e. The number of carbonyl (C=O) groups excluding carboxylic acids is 1. The molecule has 0 radical (unpaired) electrons. The van der Waals surface area contributed by atoms with Crippen LogP contribution in [0.1, 0.15) is 5.56 Å². The molecular formula is C16H14FNO3S. The predicted octanol–water partition coefficient (Wildman–Crippen LogP) is 2.88. The van der Waals surface area contributed by atoms with Gasteiger partial charge in [0.15, 0.2) is 9.84 Å². The van der Waals surface area contributed by atoms with Crippen LogP contribution in [-0.4, -0.2) is 20.6 Å². The van der Waals surface area contributed by atoms with Crippen molar-refractivity contribution in [3.8, 4) is 0 Å². The number of sulfone groups is 1. The second kappa shape index (κ2) is 6.53. The fourth-order valence-corrected chi connectivity index (χ4v) is 2.40. The highest BCUT2D eigenvalue weighted by Crippen LogP contribution is 2.15. The van der Waals surface area contributed by atoms with Crippen LogP contribution in [0, 0.1) is 5.82 Å². The number of hydrogen-bond acceptors (Lipinski definition) is 3. The lowest BCUT2D eigenvalue weighted by molar-refractivity contribution is -0.111. The maximum absolute atomic E-state index is 12.8. The molecule has 0 bridgehead atoms. The molecule has 6 heteroatoms. The van der Waals surface area contributed by atoms with Gasteiger partial charge in [-0.25, -0.2) is 12.8 Å². The van der Waals surface area contributed by atoms with E-state index in [1.165, 1.54) is 36.4 Å². The molecular weight excluding hydrogens is 305 g/mol. The summed E-state index contributed by atoms with van der Waals surface area (Å²) in [6, 6.07) is 11.7. The number of carbonyl (C=O) groups is 1. The molecule has 114 valence electrons. The van der Waals surface area contributed by atoms with Crippen molar-refractivity contribution in [1.29, 1.82) is 0 Å². The normalized spacial score (nSPS) is 11.5. The molecule has 0 fully saturated rings. The van der Waals surface area contributed by atoms with Gasteiger partial charge in [-0.2, -0.15) is 0 Å². The smallest absolute Gasteiger partial charge is 0.248 e. The van der Waals surface area contributed by atoms with Crippen LogP contribution in [0.15, 0.2) is 59.5 Å². The molecule has 2 aromatic rings. The van der Waals surface area contributed by atoms with E-state index in [1.54, 1.807) is 24.3 Å². The van der Waals surface area contributed by atoms with Crippen molar-refractivity contribution in [2.75, 3.05) is 11.6 Å². The fourth-order valence-electron chi connectivity index (χ4n) is 1.73. The Labute approximate surface area is 128 Å². The summed E-state index contributed by atoms with van der Waals surface area (Å²) < 4.78 is 35.7. The number of rotatable bonds is 4. The van der Waals surface area contributed by atoms with Gasteiger partial charge >= 0.3 is 0 Å². The minimum absolute atomic E-state index is 0.132. The molecule has 0 heterocycles. The quantitative estimate of drug-likeness (QED) is 0.881. The average molecular weight is 319 g/mol. The Balaban J connectivity index is 2.07. The molecule has 22 heavy (non-hydrogen) atoms. The van der Waals surface area contributed by atoms with E-state index in [0.29, 0.717) is 11.3 Å². The molecule has 0 saturated carbocycles. The second-order valence-corrected chi connectivity index (χ2v) is 6.69. The van der Waals surface area contributed by atoms with Gasteiger partial charge in [-0.1, -0.05) is 18.2 Å². The van der Waals surface area contributed by atoms with Crippen LogP contribution in [0.25, 0.3) is 6.08 Å². The van der Waals surface area contributed by atoms with E-state index in [1.807, 2.05) is 0 Å². The minimum Gasteiger partial charge on any atom is -0.322 e. The molecule has 1 amide bonds. The van der Waals surface area contributed by atoms with Gasteiger partial charge in [-0.15, -0.1) is 0 Å². The summed E-state index contributed by atoms with van der Waals surface area (Å²) in [6.45, 7) is 0. The standard InChI is InChI=1S/C16H14FNO3S/c1-22(20,21)15-4-2-3-14(11-15)18-16(19)10-7-12-5-8-13(17)9-6-12/h2-11H,1H3,(H,18,19)/b10-7+. The van der Waals surface area contributed by atoms with Gasteiger partial charge in [-0.05, 0) is 42.0 Å². The van der Waals surface area contributed by atoms with Crippen molar-refractivity contribution in [3.05, 3.63) is 66.0 Å². The highest BCUT2D eigenvalue weighted by Gasteiger charge is 2.07. The average Bonchev–Trinajstić information content (AvgIpc) is 2.46. The zero-order valence-electron chi connectivity index (χ0n) is 11.8. The summed E-state index contributed by atoms with van der Waals surface area (Å²) in [5.41, 5.74) is 1.07. The Bertz CT molecular complexity index is 812. The van der Waals surface area contributed by atoms with E-state index in [9.17, 15) is 17.6 Å². The van der Waals surface area contributed by atoms with Crippen LogP contribution >= 0.6 is 0 Å². The van der Waals surface area contributed by atoms with Crippen LogP contribution in [0.4, 0.5) is 10.1 Å². The summed E-state index contributed by atoms with van der Waals surface area (Å²) in [5, 5.41) is 2.57. The van der Waals surface area contributed by atoms with Gasteiger partial charge in [0.1, 0.15) is 5.82 Å². The molecule has 4 nitrogen and oxygen atoms in total. The van der Waals surface area contributed by atoms with E-state index in [2.05, 4.69) is 5.32 Å². The summed E-state index contributed by atoms with van der Waals surface area (Å²) in [7, 11) is -3.33. The Kier molecular flexibility index (Phi) is 4.72. The highest BCUT2D eigenvalue weighted by atomic mass is 32.2. The monoisotopic (exact) mass is 319 g/mol. The van der Waals surface area contributed by atoms with Crippen molar-refractivity contribution in [2.45, 2.75) is 4.90 Å². The lowest BCUT2D eigenvalue weighted by Crippen LogP contribution is -2.08. The fraction of sp³-hybridized carbons (Fsp3) is 0.0625. The van der Waals surface area contributed by atoms with Crippen molar-refractivity contribution in [1.82, 2.24) is 0 Å². The maximum atomic E-state index is 12.8. The third-order valence-corrected chi connectivity index (χ3v) is 3.94. The summed E-state index contributed by atoms with van der Waals surface area (Å²) in [4.78, 5) is 11.9. The number of halogens is 1. The van der Waals surface area contributed by atoms with E-state index >= 15 is 0 Å². The van der Waals surface area contributed by atoms with Gasteiger partial charge in [0, 0.05) is 18.0 Å². The van der Waals surface area contributed by atoms with E-state index in [0.717, 1.165) is 6.26 Å². The molecule has 0 aliphatic rings. The van der Waals surface area contributed by atoms with E-state index in [-0.39, 0.29) is 10.7 Å². The van der Waals surface area contributed by atoms with Crippen LogP contribution in [0.5, 0.6) is 0 Å². The largest absolute Gasteiger partial charge is 0.322 e. The number of anilines is 1. The van der Waals surface area contributed by atoms with E-state index in [4.69, 9.17) is 0 Å². The van der Waals surface area contributed by atoms with Gasteiger partial charge in [-0.3, -0.25) is 4.79 Å². The first-order valence-corrected chi connectivity index (χ1v) is 8.28. The van der Waals surface area contributed by atoms with Crippen LogP contribution in [0.2, 0.25) is 0 Å². The van der Waals surface area contributed by atoms with Crippen LogP contribution in [0.3, 0.4) is 0 Å². The molecule has 0 atom stereocenters. The molecule has 0 saturated heterocycles. The lowest BCUT2D eigenvalue weighted by Gasteiger charge is -2.04. The topological polar surface area (TPSA) is 63.2 Å². The number of amides is 1. The Morgan fingerprint density at radius 2 is 1.82 bits per heavy atom. The number of benzene rings is 2. The first kappa shape index (κ1) is 15.9. The predicted molar refractivity (Wildman–Crippen MR) is 83.6 cm³/mol. The van der Waals surface area contributed by atoms with E-state index < -0.39 is 15.7 Å². The first-order chi connectivity index (χ1) is 10.3. The highest BCUT2D eigenvalue weighted by molar-refractivity contribution is 7.90. The minimum atomic E-state index is -3.33. The summed E-state index contributed by atoms with van der Waals surface area (Å²) in [5.74, 6) is -0.755. The van der Waals surface area contributed by atoms with Crippen molar-refractivity contribution < 1.29 is 17.6 Å². The molecule has 0 spiro atoms. The molecule has 0 aromatic heterocycles. The zero-order chi connectivity index (χ0) is 16.2. The molecule has 2 aromatic carbocycles. The molecule has 0 aliphatic heterocycles. The van der Waals surface area contributed by atoms with Crippen molar-refractivity contribution >= 4 is 27.5 Å². The third-order valence-electron chi connectivity index (χ3n) is 2.83. The lowest BCUT2D eigenvalue weighted by atomic mass is 10.2. The van der Waals surface area contributed by atoms with Crippen LogP contribution in [-0.2, 0) is 14.6 Å². The van der Waals surface area contributed by atoms with Gasteiger partial charge in [0.2, 0.25) is 5.91 Å². The Morgan fingerprint density at radius 1 is 1.14 bits per heavy atom. The van der Waals surface area contributed by atoms with Gasteiger partial charge in [0.25, 0.3) is 0 Å². The molecule has 1 N–H and O–H groups in total. The number of nitrogens with one attached hydrogen (secondary N) is 1. The Morgan fingerprint density at radius 3 is 2.45 bits per heavy atom. The van der Waals surface area contributed by atoms with Crippen molar-refractivity contribution in [3.63, 3.8) is 0 Å². The molecule has 0 aliphatic carbocycles. The zero-order valence-corrected chi connectivity index (χ0v) is 12.6. The second-order valence-electron chi connectivity index (χ2n) is 4.67. The number of hydrogen-bond donors (Lipinski definition) is 1. The SMILES string of the molecule is CS(=O)(=O)c1cccc(NC(=O)/C=C/c2ccc(F)cc2)c1. The first-order valence-electron chi connectivity index (χ1n) is 6.39. The van der Waals surface area contributed by atoms with Crippen molar-refractivity contribution in [2.24, 2.45) is 0 Å². The molecule has 2 rings (SSSR count). The summed E-state index contributed by atoms with van der Waals surface area (Å²) in [6.07, 6.45) is 3.93. The van der Waals surface area contributed by atoms with Gasteiger partial charge in [0.05, 0.1) is 4.90 Å².